The Balaban J connectivity index is 1.62. The number of nitriles is 1. The van der Waals surface area contributed by atoms with Gasteiger partial charge >= 0.3 is 0 Å². The zero-order valence-corrected chi connectivity index (χ0v) is 13.7. The number of hydrogen-bond donors (Lipinski definition) is 1. The molecule has 5 heteroatoms. The van der Waals surface area contributed by atoms with Crippen LogP contribution in [0.25, 0.3) is 0 Å². The molecule has 2 aromatic rings. The monoisotopic (exact) mass is 322 g/mol. The first-order chi connectivity index (χ1) is 11.8. The van der Waals surface area contributed by atoms with Crippen LogP contribution >= 0.6 is 0 Å². The van der Waals surface area contributed by atoms with Crippen molar-refractivity contribution in [3.8, 4) is 6.07 Å². The average Bonchev–Trinajstić information content (AvgIpc) is 2.88. The molecule has 0 saturated carbocycles. The lowest BCUT2D eigenvalue weighted by Gasteiger charge is -2.25. The van der Waals surface area contributed by atoms with Crippen LogP contribution in [0.3, 0.4) is 0 Å². The van der Waals surface area contributed by atoms with E-state index in [2.05, 4.69) is 20.9 Å². The third-order valence-corrected chi connectivity index (χ3v) is 4.41. The Labute approximate surface area is 142 Å². The summed E-state index contributed by atoms with van der Waals surface area (Å²) in [5.74, 6) is 0.769. The molecular formula is C19H22N4O. The maximum absolute atomic E-state index is 10.4. The van der Waals surface area contributed by atoms with Gasteiger partial charge in [-0.3, -0.25) is 4.90 Å². The second kappa shape index (κ2) is 7.91. The van der Waals surface area contributed by atoms with Crippen LogP contribution in [-0.2, 0) is 0 Å². The Morgan fingerprint density at radius 2 is 1.92 bits per heavy atom. The number of aliphatic hydroxyl groups excluding tert-OH is 1. The Kier molecular flexibility index (Phi) is 5.42. The second-order valence-electron chi connectivity index (χ2n) is 6.05. The third-order valence-electron chi connectivity index (χ3n) is 4.41. The highest BCUT2D eigenvalue weighted by Gasteiger charge is 2.20. The molecule has 1 aliphatic heterocycles. The molecule has 0 amide bonds. The fourth-order valence-electron chi connectivity index (χ4n) is 3.13. The molecule has 1 aromatic carbocycles. The van der Waals surface area contributed by atoms with Gasteiger partial charge < -0.3 is 10.0 Å². The summed E-state index contributed by atoms with van der Waals surface area (Å²) in [7, 11) is 0. The number of rotatable bonds is 4. The zero-order valence-electron chi connectivity index (χ0n) is 13.7. The van der Waals surface area contributed by atoms with Crippen LogP contribution < -0.4 is 4.90 Å². The van der Waals surface area contributed by atoms with Crippen molar-refractivity contribution < 1.29 is 5.11 Å². The molecule has 24 heavy (non-hydrogen) atoms. The number of β-amino-alcohol motifs (C(OH)–C–C–N with tert-alkyl or cyclic N) is 1. The fraction of sp³-hybridized carbons (Fsp3) is 0.368. The fourth-order valence-corrected chi connectivity index (χ4v) is 3.13. The first-order valence-electron chi connectivity index (χ1n) is 8.33. The molecule has 0 bridgehead atoms. The molecule has 1 aromatic heterocycles. The van der Waals surface area contributed by atoms with Gasteiger partial charge in [-0.2, -0.15) is 5.26 Å². The van der Waals surface area contributed by atoms with Gasteiger partial charge in [0.25, 0.3) is 0 Å². The summed E-state index contributed by atoms with van der Waals surface area (Å²) in [6.07, 6.45) is 2.25. The highest BCUT2D eigenvalue weighted by molar-refractivity contribution is 5.53. The van der Waals surface area contributed by atoms with E-state index in [-0.39, 0.29) is 0 Å². The molecule has 0 spiro atoms. The van der Waals surface area contributed by atoms with E-state index in [1.54, 1.807) is 12.3 Å². The predicted octanol–water partition coefficient (Wildman–Crippen LogP) is 2.20. The van der Waals surface area contributed by atoms with Gasteiger partial charge in [0, 0.05) is 38.9 Å². The molecule has 2 heterocycles. The van der Waals surface area contributed by atoms with Gasteiger partial charge in [0.15, 0.2) is 0 Å². The zero-order chi connectivity index (χ0) is 16.8. The van der Waals surface area contributed by atoms with Gasteiger partial charge in [-0.25, -0.2) is 4.98 Å². The Morgan fingerprint density at radius 3 is 2.71 bits per heavy atom. The number of benzene rings is 1. The summed E-state index contributed by atoms with van der Waals surface area (Å²) in [4.78, 5) is 8.84. The third kappa shape index (κ3) is 3.91. The van der Waals surface area contributed by atoms with Crippen molar-refractivity contribution in [2.75, 3.05) is 37.6 Å². The molecule has 5 nitrogen and oxygen atoms in total. The van der Waals surface area contributed by atoms with Crippen molar-refractivity contribution in [2.24, 2.45) is 0 Å². The van der Waals surface area contributed by atoms with Gasteiger partial charge in [-0.05, 0) is 24.1 Å². The van der Waals surface area contributed by atoms with Crippen molar-refractivity contribution in [3.05, 3.63) is 59.8 Å². The number of aliphatic hydroxyl groups is 1. The lowest BCUT2D eigenvalue weighted by Crippen LogP contribution is -2.34. The summed E-state index contributed by atoms with van der Waals surface area (Å²) in [5, 5.41) is 19.7. The van der Waals surface area contributed by atoms with Gasteiger partial charge in [-0.1, -0.05) is 30.3 Å². The second-order valence-corrected chi connectivity index (χ2v) is 6.05. The number of pyridine rings is 1. The van der Waals surface area contributed by atoms with Crippen molar-refractivity contribution >= 4 is 5.82 Å². The normalized spacial score (nSPS) is 17.1. The van der Waals surface area contributed by atoms with E-state index >= 15 is 0 Å². The van der Waals surface area contributed by atoms with Gasteiger partial charge in [-0.15, -0.1) is 0 Å². The standard InChI is InChI=1S/C19H22N4O/c20-14-17-8-4-9-21-19(17)23-11-5-10-22(12-13-23)15-18(24)16-6-2-1-3-7-16/h1-4,6-9,18,24H,5,10-13,15H2/t18-/m0/s1. The average molecular weight is 322 g/mol. The van der Waals surface area contributed by atoms with Crippen LogP contribution in [0.5, 0.6) is 0 Å². The molecule has 0 aliphatic carbocycles. The molecule has 1 atom stereocenters. The minimum absolute atomic E-state index is 0.470. The summed E-state index contributed by atoms with van der Waals surface area (Å²) in [6.45, 7) is 4.11. The highest BCUT2D eigenvalue weighted by atomic mass is 16.3. The van der Waals surface area contributed by atoms with Crippen molar-refractivity contribution in [1.29, 1.82) is 5.26 Å². The van der Waals surface area contributed by atoms with Crippen LogP contribution in [0.15, 0.2) is 48.7 Å². The number of anilines is 1. The number of aromatic nitrogens is 1. The molecule has 1 aliphatic rings. The first kappa shape index (κ1) is 16.4. The van der Waals surface area contributed by atoms with E-state index < -0.39 is 6.10 Å². The van der Waals surface area contributed by atoms with E-state index in [1.807, 2.05) is 36.4 Å². The molecule has 1 saturated heterocycles. The molecular weight excluding hydrogens is 300 g/mol. The van der Waals surface area contributed by atoms with Crippen molar-refractivity contribution in [2.45, 2.75) is 12.5 Å². The van der Waals surface area contributed by atoms with E-state index in [0.29, 0.717) is 12.1 Å². The van der Waals surface area contributed by atoms with Gasteiger partial charge in [0.1, 0.15) is 11.9 Å². The molecule has 124 valence electrons. The SMILES string of the molecule is N#Cc1cccnc1N1CCCN(C[C@H](O)c2ccccc2)CC1. The van der Waals surface area contributed by atoms with E-state index in [9.17, 15) is 10.4 Å². The predicted molar refractivity (Wildman–Crippen MR) is 93.6 cm³/mol. The minimum atomic E-state index is -0.470. The summed E-state index contributed by atoms with van der Waals surface area (Å²) in [6, 6.07) is 15.6. The lowest BCUT2D eigenvalue weighted by atomic mass is 10.1. The summed E-state index contributed by atoms with van der Waals surface area (Å²) < 4.78 is 0. The van der Waals surface area contributed by atoms with E-state index in [4.69, 9.17) is 0 Å². The van der Waals surface area contributed by atoms with Crippen LogP contribution in [-0.4, -0.2) is 47.7 Å². The molecule has 1 fully saturated rings. The van der Waals surface area contributed by atoms with Crippen molar-refractivity contribution in [1.82, 2.24) is 9.88 Å². The van der Waals surface area contributed by atoms with Crippen LogP contribution in [0.1, 0.15) is 23.7 Å². The smallest absolute Gasteiger partial charge is 0.146 e. The highest BCUT2D eigenvalue weighted by Crippen LogP contribution is 2.19. The topological polar surface area (TPSA) is 63.4 Å². The maximum atomic E-state index is 10.4. The molecule has 0 radical (unpaired) electrons. The van der Waals surface area contributed by atoms with Gasteiger partial charge in [0.2, 0.25) is 0 Å². The first-order valence-corrected chi connectivity index (χ1v) is 8.33. The maximum Gasteiger partial charge on any atom is 0.146 e. The summed E-state index contributed by atoms with van der Waals surface area (Å²) >= 11 is 0. The van der Waals surface area contributed by atoms with Crippen LogP contribution in [0.2, 0.25) is 0 Å². The molecule has 0 unspecified atom stereocenters. The van der Waals surface area contributed by atoms with Gasteiger partial charge in [0.05, 0.1) is 11.7 Å². The van der Waals surface area contributed by atoms with Crippen molar-refractivity contribution in [3.63, 3.8) is 0 Å². The Bertz CT molecular complexity index is 698. The van der Waals surface area contributed by atoms with Crippen LogP contribution in [0, 0.1) is 11.3 Å². The quantitative estimate of drug-likeness (QED) is 0.935. The van der Waals surface area contributed by atoms with E-state index in [0.717, 1.165) is 44.0 Å². The number of hydrogen-bond acceptors (Lipinski definition) is 5. The van der Waals surface area contributed by atoms with Crippen LogP contribution in [0.4, 0.5) is 5.82 Å². The number of nitrogens with zero attached hydrogens (tertiary/aromatic N) is 4. The van der Waals surface area contributed by atoms with E-state index in [1.165, 1.54) is 0 Å². The Morgan fingerprint density at radius 1 is 1.08 bits per heavy atom. The molecule has 3 rings (SSSR count). The largest absolute Gasteiger partial charge is 0.387 e. The Hall–Kier alpha value is -2.42. The minimum Gasteiger partial charge on any atom is -0.387 e. The summed E-state index contributed by atoms with van der Waals surface area (Å²) in [5.41, 5.74) is 1.57. The molecule has 1 N–H and O–H groups in total. The lowest BCUT2D eigenvalue weighted by molar-refractivity contribution is 0.117.